The van der Waals surface area contributed by atoms with Gasteiger partial charge in [-0.2, -0.15) is 0 Å². The second-order valence-electron chi connectivity index (χ2n) is 5.89. The molecule has 1 fully saturated rings. The number of hydrogen-bond donors (Lipinski definition) is 0. The number of rotatable bonds is 5. The van der Waals surface area contributed by atoms with Gasteiger partial charge in [-0.3, -0.25) is 9.69 Å². The van der Waals surface area contributed by atoms with Crippen LogP contribution in [0.1, 0.15) is 24.5 Å². The van der Waals surface area contributed by atoms with Crippen molar-refractivity contribution in [2.75, 3.05) is 11.5 Å². The molecular weight excluding hydrogens is 430 g/mol. The van der Waals surface area contributed by atoms with Gasteiger partial charge in [-0.15, -0.1) is 0 Å². The average molecular weight is 448 g/mol. The summed E-state index contributed by atoms with van der Waals surface area (Å²) in [6.45, 7) is 4.69. The molecule has 0 spiro atoms. The second kappa shape index (κ2) is 8.37. The molecule has 0 N–H and O–H groups in total. The fraction of sp³-hybridized carbons (Fsp3) is 0.200. The summed E-state index contributed by atoms with van der Waals surface area (Å²) in [5.74, 6) is 0.655. The predicted molar refractivity (Wildman–Crippen MR) is 117 cm³/mol. The summed E-state index contributed by atoms with van der Waals surface area (Å²) in [4.78, 5) is 15.1. The van der Waals surface area contributed by atoms with E-state index < -0.39 is 0 Å². The van der Waals surface area contributed by atoms with E-state index in [2.05, 4.69) is 22.9 Å². The van der Waals surface area contributed by atoms with E-state index in [0.29, 0.717) is 15.8 Å². The largest absolute Gasteiger partial charge is 0.493 e. The molecule has 134 valence electrons. The minimum absolute atomic E-state index is 0.105. The van der Waals surface area contributed by atoms with Crippen LogP contribution in [0.3, 0.4) is 0 Å². The first kappa shape index (κ1) is 19.1. The van der Waals surface area contributed by atoms with Crippen LogP contribution < -0.4 is 9.64 Å². The number of halogens is 1. The molecule has 0 radical (unpaired) electrons. The van der Waals surface area contributed by atoms with Crippen LogP contribution in [0.25, 0.3) is 6.08 Å². The lowest BCUT2D eigenvalue weighted by molar-refractivity contribution is -0.113. The van der Waals surface area contributed by atoms with Crippen molar-refractivity contribution in [2.24, 2.45) is 0 Å². The molecule has 3 nitrogen and oxygen atoms in total. The van der Waals surface area contributed by atoms with Crippen molar-refractivity contribution in [3.05, 3.63) is 63.0 Å². The van der Waals surface area contributed by atoms with Crippen LogP contribution in [-0.4, -0.2) is 16.8 Å². The molecule has 3 rings (SSSR count). The maximum absolute atomic E-state index is 12.9. The van der Waals surface area contributed by atoms with Crippen molar-refractivity contribution >= 4 is 61.9 Å². The van der Waals surface area contributed by atoms with Crippen LogP contribution in [-0.2, 0) is 4.79 Å². The Morgan fingerprint density at radius 1 is 1.27 bits per heavy atom. The Bertz CT molecular complexity index is 895. The van der Waals surface area contributed by atoms with Crippen molar-refractivity contribution in [2.45, 2.75) is 20.3 Å². The molecule has 0 saturated carbocycles. The predicted octanol–water partition coefficient (Wildman–Crippen LogP) is 5.95. The van der Waals surface area contributed by atoms with Crippen molar-refractivity contribution in [1.29, 1.82) is 0 Å². The smallest absolute Gasteiger partial charge is 0.270 e. The van der Waals surface area contributed by atoms with Crippen LogP contribution >= 0.6 is 39.9 Å². The summed E-state index contributed by atoms with van der Waals surface area (Å²) < 4.78 is 7.28. The quantitative estimate of drug-likeness (QED) is 0.418. The van der Waals surface area contributed by atoms with Crippen LogP contribution in [0.5, 0.6) is 5.75 Å². The zero-order chi connectivity index (χ0) is 18.7. The van der Waals surface area contributed by atoms with Crippen molar-refractivity contribution in [3.63, 3.8) is 0 Å². The molecule has 0 aliphatic carbocycles. The molecule has 1 heterocycles. The van der Waals surface area contributed by atoms with E-state index in [1.807, 2.05) is 55.5 Å². The molecule has 6 heteroatoms. The molecule has 2 aromatic rings. The molecule has 26 heavy (non-hydrogen) atoms. The van der Waals surface area contributed by atoms with Gasteiger partial charge in [0.05, 0.1) is 17.2 Å². The fourth-order valence-corrected chi connectivity index (χ4v) is 4.24. The van der Waals surface area contributed by atoms with Gasteiger partial charge in [0.15, 0.2) is 4.32 Å². The third-order valence-electron chi connectivity index (χ3n) is 3.77. The third-order valence-corrected chi connectivity index (χ3v) is 5.57. The number of ether oxygens (including phenoxy) is 1. The molecule has 0 bridgehead atoms. The first-order valence-corrected chi connectivity index (χ1v) is 10.3. The normalized spacial score (nSPS) is 15.8. The van der Waals surface area contributed by atoms with Crippen LogP contribution in [0.2, 0.25) is 0 Å². The van der Waals surface area contributed by atoms with E-state index in [0.717, 1.165) is 33.5 Å². The van der Waals surface area contributed by atoms with Gasteiger partial charge in [0, 0.05) is 10.0 Å². The highest BCUT2D eigenvalue weighted by atomic mass is 79.9. The highest BCUT2D eigenvalue weighted by Crippen LogP contribution is 2.37. The number of nitrogens with zero attached hydrogens (tertiary/aromatic N) is 1. The van der Waals surface area contributed by atoms with E-state index in [4.69, 9.17) is 17.0 Å². The van der Waals surface area contributed by atoms with Gasteiger partial charge < -0.3 is 4.74 Å². The topological polar surface area (TPSA) is 29.5 Å². The zero-order valence-corrected chi connectivity index (χ0v) is 17.7. The summed E-state index contributed by atoms with van der Waals surface area (Å²) in [6.07, 6.45) is 2.77. The number of anilines is 1. The number of benzene rings is 2. The van der Waals surface area contributed by atoms with Crippen molar-refractivity contribution < 1.29 is 9.53 Å². The number of hydrogen-bond acceptors (Lipinski definition) is 4. The lowest BCUT2D eigenvalue weighted by Crippen LogP contribution is -2.27. The van der Waals surface area contributed by atoms with E-state index >= 15 is 0 Å². The minimum Gasteiger partial charge on any atom is -0.493 e. The Morgan fingerprint density at radius 3 is 2.81 bits per heavy atom. The highest BCUT2D eigenvalue weighted by molar-refractivity contribution is 9.10. The highest BCUT2D eigenvalue weighted by Gasteiger charge is 2.33. The molecular formula is C20H18BrNO2S2. The number of amides is 1. The summed E-state index contributed by atoms with van der Waals surface area (Å²) in [5.41, 5.74) is 2.74. The maximum atomic E-state index is 12.9. The Kier molecular flexibility index (Phi) is 6.16. The molecule has 1 amide bonds. The summed E-state index contributed by atoms with van der Waals surface area (Å²) >= 11 is 10.2. The second-order valence-corrected chi connectivity index (χ2v) is 8.48. The van der Waals surface area contributed by atoms with Crippen LogP contribution in [0.4, 0.5) is 5.69 Å². The summed E-state index contributed by atoms with van der Waals surface area (Å²) in [7, 11) is 0. The molecule has 0 atom stereocenters. The Labute approximate surface area is 171 Å². The number of thiocarbonyl (C=S) groups is 1. The standard InChI is InChI=1S/C20H18BrNO2S2/c1-3-9-24-17-8-7-15(21)11-14(17)12-18-19(23)22(20(25)26-18)16-6-4-5-13(2)10-16/h4-8,10-12H,3,9H2,1-2H3/b18-12-. The molecule has 0 aromatic heterocycles. The van der Waals surface area contributed by atoms with Gasteiger partial charge >= 0.3 is 0 Å². The van der Waals surface area contributed by atoms with Gasteiger partial charge in [0.2, 0.25) is 0 Å². The fourth-order valence-electron chi connectivity index (χ4n) is 2.57. The summed E-state index contributed by atoms with van der Waals surface area (Å²) in [6, 6.07) is 13.6. The maximum Gasteiger partial charge on any atom is 0.270 e. The monoisotopic (exact) mass is 447 g/mol. The van der Waals surface area contributed by atoms with Gasteiger partial charge in [-0.05, 0) is 55.3 Å². The lowest BCUT2D eigenvalue weighted by atomic mass is 10.1. The zero-order valence-electron chi connectivity index (χ0n) is 14.5. The van der Waals surface area contributed by atoms with E-state index in [1.54, 1.807) is 4.90 Å². The number of carbonyl (C=O) groups is 1. The van der Waals surface area contributed by atoms with E-state index in [-0.39, 0.29) is 5.91 Å². The van der Waals surface area contributed by atoms with Crippen LogP contribution in [0, 0.1) is 6.92 Å². The Morgan fingerprint density at radius 2 is 2.08 bits per heavy atom. The molecule has 2 aromatic carbocycles. The number of aryl methyl sites for hydroxylation is 1. The van der Waals surface area contributed by atoms with Crippen molar-refractivity contribution in [3.8, 4) is 5.75 Å². The molecule has 1 saturated heterocycles. The van der Waals surface area contributed by atoms with Gasteiger partial charge in [0.25, 0.3) is 5.91 Å². The first-order chi connectivity index (χ1) is 12.5. The van der Waals surface area contributed by atoms with Gasteiger partial charge in [0.1, 0.15) is 5.75 Å². The third kappa shape index (κ3) is 4.19. The Hall–Kier alpha value is -1.63. The van der Waals surface area contributed by atoms with E-state index in [9.17, 15) is 4.79 Å². The molecule has 1 aliphatic rings. The van der Waals surface area contributed by atoms with E-state index in [1.165, 1.54) is 11.8 Å². The van der Waals surface area contributed by atoms with Crippen molar-refractivity contribution in [1.82, 2.24) is 0 Å². The van der Waals surface area contributed by atoms with Gasteiger partial charge in [-0.1, -0.05) is 59.0 Å². The summed E-state index contributed by atoms with van der Waals surface area (Å²) in [5, 5.41) is 0. The molecule has 0 unspecified atom stereocenters. The minimum atomic E-state index is -0.105. The Balaban J connectivity index is 1.94. The van der Waals surface area contributed by atoms with Gasteiger partial charge in [-0.25, -0.2) is 0 Å². The lowest BCUT2D eigenvalue weighted by Gasteiger charge is -2.15. The average Bonchev–Trinajstić information content (AvgIpc) is 2.88. The molecule has 1 aliphatic heterocycles. The number of thioether (sulfide) groups is 1. The SMILES string of the molecule is CCCOc1ccc(Br)cc1/C=C1\SC(=S)N(c2cccc(C)c2)C1=O. The number of carbonyl (C=O) groups excluding carboxylic acids is 1. The first-order valence-electron chi connectivity index (χ1n) is 8.26. The van der Waals surface area contributed by atoms with Crippen LogP contribution in [0.15, 0.2) is 51.8 Å².